The van der Waals surface area contributed by atoms with Gasteiger partial charge in [0.2, 0.25) is 11.8 Å². The smallest absolute Gasteiger partial charge is 0.244 e. The topological polar surface area (TPSA) is 62.3 Å². The van der Waals surface area contributed by atoms with Gasteiger partial charge in [-0.3, -0.25) is 9.59 Å². The minimum Gasteiger partial charge on any atom is -0.346 e. The predicted octanol–water partition coefficient (Wildman–Crippen LogP) is 3.75. The van der Waals surface area contributed by atoms with Crippen LogP contribution in [0.25, 0.3) is 16.3 Å². The van der Waals surface area contributed by atoms with Gasteiger partial charge in [-0.25, -0.2) is 4.98 Å². The molecule has 0 atom stereocenters. The molecule has 1 aliphatic rings. The first-order valence-electron chi connectivity index (χ1n) is 8.90. The molecule has 2 amide bonds. The Labute approximate surface area is 161 Å². The van der Waals surface area contributed by atoms with E-state index >= 15 is 0 Å². The highest BCUT2D eigenvalue weighted by atomic mass is 32.1. The predicted molar refractivity (Wildman–Crippen MR) is 109 cm³/mol. The number of hydrogen-bond acceptors (Lipinski definition) is 4. The Morgan fingerprint density at radius 1 is 1.19 bits per heavy atom. The van der Waals surface area contributed by atoms with Crippen LogP contribution in [0.4, 0.5) is 5.69 Å². The van der Waals surface area contributed by atoms with Crippen LogP contribution in [0.1, 0.15) is 23.4 Å². The number of para-hydroxylation sites is 1. The van der Waals surface area contributed by atoms with Gasteiger partial charge in [-0.1, -0.05) is 24.3 Å². The Hall–Kier alpha value is -2.99. The number of carbonyl (C=O) groups excluding carboxylic acids is 2. The lowest BCUT2D eigenvalue weighted by molar-refractivity contribution is -0.117. The molecular weight excluding hydrogens is 358 g/mol. The van der Waals surface area contributed by atoms with E-state index in [1.54, 1.807) is 22.3 Å². The number of amides is 2. The summed E-state index contributed by atoms with van der Waals surface area (Å²) in [4.78, 5) is 30.1. The van der Waals surface area contributed by atoms with Crippen LogP contribution >= 0.6 is 11.3 Å². The van der Waals surface area contributed by atoms with E-state index in [2.05, 4.69) is 10.3 Å². The van der Waals surface area contributed by atoms with Gasteiger partial charge in [0.15, 0.2) is 0 Å². The third-order valence-corrected chi connectivity index (χ3v) is 5.49. The van der Waals surface area contributed by atoms with Crippen LogP contribution in [0.15, 0.2) is 54.6 Å². The monoisotopic (exact) mass is 377 g/mol. The van der Waals surface area contributed by atoms with E-state index in [4.69, 9.17) is 0 Å². The van der Waals surface area contributed by atoms with Gasteiger partial charge in [0, 0.05) is 24.7 Å². The molecule has 1 aromatic heterocycles. The molecule has 5 nitrogen and oxygen atoms in total. The zero-order valence-corrected chi connectivity index (χ0v) is 15.5. The van der Waals surface area contributed by atoms with Crippen molar-refractivity contribution in [3.05, 3.63) is 65.2 Å². The van der Waals surface area contributed by atoms with Crippen LogP contribution in [0.3, 0.4) is 0 Å². The first-order chi connectivity index (χ1) is 13.2. The molecule has 1 N–H and O–H groups in total. The van der Waals surface area contributed by atoms with Gasteiger partial charge in [-0.2, -0.15) is 0 Å². The first kappa shape index (κ1) is 17.4. The molecule has 0 saturated carbocycles. The summed E-state index contributed by atoms with van der Waals surface area (Å²) in [5.41, 5.74) is 2.79. The molecule has 0 unspecified atom stereocenters. The number of thiazole rings is 1. The average Bonchev–Trinajstić information content (AvgIpc) is 3.30. The molecule has 2 aromatic carbocycles. The lowest BCUT2D eigenvalue weighted by Crippen LogP contribution is -2.23. The normalized spacial score (nSPS) is 14.4. The minimum absolute atomic E-state index is 0.159. The molecule has 6 heteroatoms. The average molecular weight is 377 g/mol. The van der Waals surface area contributed by atoms with Crippen molar-refractivity contribution >= 4 is 45.1 Å². The van der Waals surface area contributed by atoms with Crippen molar-refractivity contribution in [3.63, 3.8) is 0 Å². The SMILES string of the molecule is O=C(/C=C/c1ccc(N2CCCC2=O)cc1)NCc1nc2ccccc2s1. The van der Waals surface area contributed by atoms with Crippen LogP contribution in [0.2, 0.25) is 0 Å². The Bertz CT molecular complexity index is 975. The van der Waals surface area contributed by atoms with Gasteiger partial charge < -0.3 is 10.2 Å². The lowest BCUT2D eigenvalue weighted by atomic mass is 10.2. The Morgan fingerprint density at radius 2 is 2.00 bits per heavy atom. The minimum atomic E-state index is -0.159. The second-order valence-corrected chi connectivity index (χ2v) is 7.48. The van der Waals surface area contributed by atoms with Crippen LogP contribution in [0.5, 0.6) is 0 Å². The second kappa shape index (κ2) is 7.72. The number of benzene rings is 2. The Morgan fingerprint density at radius 3 is 2.74 bits per heavy atom. The third-order valence-electron chi connectivity index (χ3n) is 4.46. The fourth-order valence-electron chi connectivity index (χ4n) is 3.08. The molecule has 1 saturated heterocycles. The summed E-state index contributed by atoms with van der Waals surface area (Å²) in [5.74, 6) is 0.0144. The quantitative estimate of drug-likeness (QED) is 0.689. The Balaban J connectivity index is 1.33. The summed E-state index contributed by atoms with van der Waals surface area (Å²) >= 11 is 1.59. The number of nitrogens with one attached hydrogen (secondary N) is 1. The van der Waals surface area contributed by atoms with Crippen molar-refractivity contribution < 1.29 is 9.59 Å². The third kappa shape index (κ3) is 4.06. The van der Waals surface area contributed by atoms with Crippen molar-refractivity contribution in [2.24, 2.45) is 0 Å². The number of carbonyl (C=O) groups is 2. The molecule has 4 rings (SSSR count). The molecule has 27 heavy (non-hydrogen) atoms. The second-order valence-electron chi connectivity index (χ2n) is 6.37. The van der Waals surface area contributed by atoms with Gasteiger partial charge in [-0.05, 0) is 42.3 Å². The van der Waals surface area contributed by atoms with E-state index in [1.165, 1.54) is 6.08 Å². The molecule has 2 heterocycles. The summed E-state index contributed by atoms with van der Waals surface area (Å²) in [7, 11) is 0. The van der Waals surface area contributed by atoms with Gasteiger partial charge in [0.1, 0.15) is 5.01 Å². The Kier molecular flexibility index (Phi) is 4.98. The molecule has 3 aromatic rings. The summed E-state index contributed by atoms with van der Waals surface area (Å²) in [6.45, 7) is 1.20. The molecule has 136 valence electrons. The highest BCUT2D eigenvalue weighted by Gasteiger charge is 2.21. The highest BCUT2D eigenvalue weighted by Crippen LogP contribution is 2.22. The maximum Gasteiger partial charge on any atom is 0.244 e. The van der Waals surface area contributed by atoms with E-state index in [1.807, 2.05) is 48.5 Å². The maximum absolute atomic E-state index is 12.0. The molecule has 0 aliphatic carbocycles. The van der Waals surface area contributed by atoms with Gasteiger partial charge in [-0.15, -0.1) is 11.3 Å². The summed E-state index contributed by atoms with van der Waals surface area (Å²) in [6, 6.07) is 15.6. The van der Waals surface area contributed by atoms with Crippen LogP contribution < -0.4 is 10.2 Å². The van der Waals surface area contributed by atoms with E-state index in [0.717, 1.165) is 39.4 Å². The van der Waals surface area contributed by atoms with Gasteiger partial charge in [0.05, 0.1) is 16.8 Å². The van der Waals surface area contributed by atoms with Crippen LogP contribution in [0, 0.1) is 0 Å². The van der Waals surface area contributed by atoms with Crippen LogP contribution in [-0.4, -0.2) is 23.3 Å². The molecule has 1 aliphatic heterocycles. The summed E-state index contributed by atoms with van der Waals surface area (Å²) in [5, 5.41) is 3.75. The zero-order chi connectivity index (χ0) is 18.6. The van der Waals surface area contributed by atoms with E-state index in [-0.39, 0.29) is 11.8 Å². The maximum atomic E-state index is 12.0. The van der Waals surface area contributed by atoms with E-state index < -0.39 is 0 Å². The first-order valence-corrected chi connectivity index (χ1v) is 9.71. The summed E-state index contributed by atoms with van der Waals surface area (Å²) < 4.78 is 1.12. The standard InChI is InChI=1S/C21H19N3O2S/c25-19(22-14-20-23-17-4-1-2-5-18(17)27-20)12-9-15-7-10-16(11-8-15)24-13-3-6-21(24)26/h1-2,4-5,7-12H,3,6,13-14H2,(H,22,25)/b12-9+. The lowest BCUT2D eigenvalue weighted by Gasteiger charge is -2.15. The molecule has 1 fully saturated rings. The van der Waals surface area contributed by atoms with Gasteiger partial charge >= 0.3 is 0 Å². The van der Waals surface area contributed by atoms with Gasteiger partial charge in [0.25, 0.3) is 0 Å². The number of fused-ring (bicyclic) bond motifs is 1. The van der Waals surface area contributed by atoms with Crippen molar-refractivity contribution in [3.8, 4) is 0 Å². The number of rotatable bonds is 5. The van der Waals surface area contributed by atoms with Crippen molar-refractivity contribution in [1.82, 2.24) is 10.3 Å². The van der Waals surface area contributed by atoms with Crippen molar-refractivity contribution in [2.45, 2.75) is 19.4 Å². The van der Waals surface area contributed by atoms with Crippen LogP contribution in [-0.2, 0) is 16.1 Å². The number of nitrogens with zero attached hydrogens (tertiary/aromatic N) is 2. The highest BCUT2D eigenvalue weighted by molar-refractivity contribution is 7.18. The van der Waals surface area contributed by atoms with Crippen molar-refractivity contribution in [1.29, 1.82) is 0 Å². The van der Waals surface area contributed by atoms with E-state index in [0.29, 0.717) is 13.0 Å². The fraction of sp³-hybridized carbons (Fsp3) is 0.190. The number of hydrogen-bond donors (Lipinski definition) is 1. The molecular formula is C21H19N3O2S. The fourth-order valence-corrected chi connectivity index (χ4v) is 3.98. The molecule has 0 radical (unpaired) electrons. The summed E-state index contributed by atoms with van der Waals surface area (Å²) in [6.07, 6.45) is 4.82. The number of aromatic nitrogens is 1. The number of anilines is 1. The van der Waals surface area contributed by atoms with Crippen molar-refractivity contribution in [2.75, 3.05) is 11.4 Å². The molecule has 0 spiro atoms. The van der Waals surface area contributed by atoms with E-state index in [9.17, 15) is 9.59 Å². The molecule has 0 bridgehead atoms. The zero-order valence-electron chi connectivity index (χ0n) is 14.7. The largest absolute Gasteiger partial charge is 0.346 e.